The highest BCUT2D eigenvalue weighted by Gasteiger charge is 2.35. The van der Waals surface area contributed by atoms with Gasteiger partial charge in [-0.1, -0.05) is 22.3 Å². The molecule has 1 aliphatic carbocycles. The minimum Gasteiger partial charge on any atom is -0.276 e. The summed E-state index contributed by atoms with van der Waals surface area (Å²) in [4.78, 5) is 26.1. The molecule has 2 aromatic heterocycles. The third-order valence-electron chi connectivity index (χ3n) is 6.51. The van der Waals surface area contributed by atoms with E-state index in [1.54, 1.807) is 0 Å². The average molecular weight is 352 g/mol. The van der Waals surface area contributed by atoms with E-state index in [0.29, 0.717) is 25.9 Å². The van der Waals surface area contributed by atoms with E-state index in [9.17, 15) is 9.59 Å². The summed E-state index contributed by atoms with van der Waals surface area (Å²) in [5.41, 5.74) is 9.09. The molecule has 0 aromatic carbocycles. The van der Waals surface area contributed by atoms with Gasteiger partial charge < -0.3 is 0 Å². The van der Waals surface area contributed by atoms with E-state index >= 15 is 0 Å². The first-order valence-corrected chi connectivity index (χ1v) is 9.34. The van der Waals surface area contributed by atoms with Gasteiger partial charge in [-0.2, -0.15) is 0 Å². The van der Waals surface area contributed by atoms with Crippen molar-refractivity contribution in [2.45, 2.75) is 66.7 Å². The lowest BCUT2D eigenvalue weighted by molar-refractivity contribution is 0.452. The van der Waals surface area contributed by atoms with Gasteiger partial charge in [-0.25, -0.2) is 9.36 Å². The van der Waals surface area contributed by atoms with Crippen LogP contribution in [0.15, 0.2) is 31.9 Å². The highest BCUT2D eigenvalue weighted by atomic mass is 16.1. The Morgan fingerprint density at radius 3 is 1.19 bits per heavy atom. The van der Waals surface area contributed by atoms with Gasteiger partial charge in [0.05, 0.1) is 37.6 Å². The van der Waals surface area contributed by atoms with Gasteiger partial charge in [0.2, 0.25) is 0 Å². The Morgan fingerprint density at radius 2 is 0.846 bits per heavy atom. The molecule has 6 nitrogen and oxygen atoms in total. The van der Waals surface area contributed by atoms with Crippen molar-refractivity contribution in [3.8, 4) is 11.4 Å². The molecule has 0 saturated heterocycles. The molecule has 0 atom stereocenters. The molecule has 136 valence electrons. The fourth-order valence-corrected chi connectivity index (χ4v) is 4.60. The van der Waals surface area contributed by atoms with E-state index in [1.807, 2.05) is 9.36 Å². The number of hydrogen-bond acceptors (Lipinski definition) is 2. The van der Waals surface area contributed by atoms with Crippen LogP contribution in [0, 0.1) is 0 Å². The monoisotopic (exact) mass is 352 g/mol. The minimum absolute atomic E-state index is 0.116. The van der Waals surface area contributed by atoms with Crippen LogP contribution in [0.5, 0.6) is 0 Å². The van der Waals surface area contributed by atoms with Gasteiger partial charge in [0.15, 0.2) is 0 Å². The van der Waals surface area contributed by atoms with E-state index in [-0.39, 0.29) is 11.1 Å². The summed E-state index contributed by atoms with van der Waals surface area (Å²) in [6.07, 6.45) is 1.33. The highest BCUT2D eigenvalue weighted by molar-refractivity contribution is 5.67. The normalized spacial score (nSPS) is 18.6. The Hall–Kier alpha value is -2.50. The van der Waals surface area contributed by atoms with Crippen LogP contribution in [0.4, 0.5) is 0 Å². The summed E-state index contributed by atoms with van der Waals surface area (Å²) < 4.78 is 7.97. The van der Waals surface area contributed by atoms with Crippen LogP contribution >= 0.6 is 0 Å². The van der Waals surface area contributed by atoms with Gasteiger partial charge in [-0.15, -0.1) is 0 Å². The molecule has 0 amide bonds. The molecule has 0 radical (unpaired) electrons. The summed E-state index contributed by atoms with van der Waals surface area (Å²) in [7, 11) is 0. The summed E-state index contributed by atoms with van der Waals surface area (Å²) >= 11 is 0. The zero-order valence-corrected chi connectivity index (χ0v) is 15.8. The van der Waals surface area contributed by atoms with Crippen molar-refractivity contribution in [2.75, 3.05) is 0 Å². The van der Waals surface area contributed by atoms with Crippen LogP contribution in [-0.2, 0) is 39.0 Å². The summed E-state index contributed by atoms with van der Waals surface area (Å²) in [5.74, 6) is 0. The van der Waals surface area contributed by atoms with Crippen molar-refractivity contribution in [3.05, 3.63) is 54.1 Å². The number of nitrogens with zero attached hydrogens (tertiary/aromatic N) is 4. The maximum atomic E-state index is 13.0. The lowest BCUT2D eigenvalue weighted by Gasteiger charge is -2.26. The maximum Gasteiger partial charge on any atom is 0.270 e. The standard InChI is InChI=1S/C20H24N4O2/c1-11-7-21-17-15(19(25)23(21)9-13(11)3)5-6-16-18(17)22-8-12(2)14(4)10-24(22)20(16)26/h5-10H2,1-4H3. The number of aromatic nitrogens is 4. The Kier molecular flexibility index (Phi) is 3.04. The quantitative estimate of drug-likeness (QED) is 0.682. The maximum absolute atomic E-state index is 13.0. The lowest BCUT2D eigenvalue weighted by Crippen LogP contribution is -2.30. The molecule has 2 aliphatic heterocycles. The molecule has 6 heteroatoms. The van der Waals surface area contributed by atoms with E-state index in [4.69, 9.17) is 0 Å². The van der Waals surface area contributed by atoms with Crippen LogP contribution in [0.25, 0.3) is 11.4 Å². The van der Waals surface area contributed by atoms with Crippen LogP contribution < -0.4 is 11.1 Å². The van der Waals surface area contributed by atoms with Crippen molar-refractivity contribution in [1.82, 2.24) is 18.7 Å². The average Bonchev–Trinajstić information content (AvgIpc) is 3.03. The van der Waals surface area contributed by atoms with E-state index in [2.05, 4.69) is 37.1 Å². The molecule has 0 saturated carbocycles. The molecule has 2 aromatic rings. The third kappa shape index (κ3) is 1.82. The van der Waals surface area contributed by atoms with Crippen molar-refractivity contribution in [3.63, 3.8) is 0 Å². The SMILES string of the molecule is CC1=C(C)Cn2c(=O)c3c(n2C1)-c1c(c(=O)n2n1CC(C)=C(C)C2)CC3. The molecule has 3 aliphatic rings. The first-order chi connectivity index (χ1) is 12.4. The third-order valence-corrected chi connectivity index (χ3v) is 6.51. The first kappa shape index (κ1) is 15.7. The smallest absolute Gasteiger partial charge is 0.270 e. The molecule has 4 heterocycles. The predicted octanol–water partition coefficient (Wildman–Crippen LogP) is 2.08. The zero-order chi connectivity index (χ0) is 18.3. The Labute approximate surface area is 151 Å². The van der Waals surface area contributed by atoms with E-state index in [1.165, 1.54) is 22.3 Å². The van der Waals surface area contributed by atoms with Crippen LogP contribution in [-0.4, -0.2) is 18.7 Å². The summed E-state index contributed by atoms with van der Waals surface area (Å²) in [6.45, 7) is 11.2. The van der Waals surface area contributed by atoms with Gasteiger partial charge in [-0.3, -0.25) is 19.0 Å². The van der Waals surface area contributed by atoms with Gasteiger partial charge in [-0.05, 0) is 40.5 Å². The predicted molar refractivity (Wildman–Crippen MR) is 101 cm³/mol. The first-order valence-electron chi connectivity index (χ1n) is 9.34. The number of allylic oxidation sites excluding steroid dienone is 4. The second kappa shape index (κ2) is 5.02. The molecular weight excluding hydrogens is 328 g/mol. The summed E-state index contributed by atoms with van der Waals surface area (Å²) in [6, 6.07) is 0. The van der Waals surface area contributed by atoms with Crippen LogP contribution in [0.3, 0.4) is 0 Å². The molecule has 0 fully saturated rings. The zero-order valence-electron chi connectivity index (χ0n) is 15.8. The number of hydrogen-bond donors (Lipinski definition) is 0. The van der Waals surface area contributed by atoms with Crippen molar-refractivity contribution < 1.29 is 0 Å². The summed E-state index contributed by atoms with van der Waals surface area (Å²) in [5, 5.41) is 0. The van der Waals surface area contributed by atoms with Crippen molar-refractivity contribution in [2.24, 2.45) is 0 Å². The van der Waals surface area contributed by atoms with Crippen molar-refractivity contribution in [1.29, 1.82) is 0 Å². The minimum atomic E-state index is 0.116. The van der Waals surface area contributed by atoms with Gasteiger partial charge in [0.25, 0.3) is 11.1 Å². The Bertz CT molecular complexity index is 1070. The highest BCUT2D eigenvalue weighted by Crippen LogP contribution is 2.35. The fourth-order valence-electron chi connectivity index (χ4n) is 4.60. The largest absolute Gasteiger partial charge is 0.276 e. The van der Waals surface area contributed by atoms with Crippen molar-refractivity contribution >= 4 is 0 Å². The topological polar surface area (TPSA) is 53.9 Å². The van der Waals surface area contributed by atoms with Crippen LogP contribution in [0.2, 0.25) is 0 Å². The fraction of sp³-hybridized carbons (Fsp3) is 0.500. The van der Waals surface area contributed by atoms with E-state index < -0.39 is 0 Å². The Balaban J connectivity index is 1.82. The van der Waals surface area contributed by atoms with Gasteiger partial charge in [0.1, 0.15) is 0 Å². The Morgan fingerprint density at radius 1 is 0.538 bits per heavy atom. The van der Waals surface area contributed by atoms with Gasteiger partial charge >= 0.3 is 0 Å². The number of rotatable bonds is 0. The molecule has 26 heavy (non-hydrogen) atoms. The molecule has 0 N–H and O–H groups in total. The van der Waals surface area contributed by atoms with Gasteiger partial charge in [0, 0.05) is 11.1 Å². The second-order valence-corrected chi connectivity index (χ2v) is 8.12. The molecule has 0 unspecified atom stereocenters. The lowest BCUT2D eigenvalue weighted by atomic mass is 9.95. The molecular formula is C20H24N4O2. The molecule has 5 rings (SSSR count). The number of fused-ring (bicyclic) bond motifs is 7. The van der Waals surface area contributed by atoms with Crippen LogP contribution in [0.1, 0.15) is 38.8 Å². The second-order valence-electron chi connectivity index (χ2n) is 8.12. The molecule has 0 bridgehead atoms. The van der Waals surface area contributed by atoms with E-state index in [0.717, 1.165) is 35.6 Å². The molecule has 0 spiro atoms.